The third-order valence-corrected chi connectivity index (χ3v) is 4.55. The van der Waals surface area contributed by atoms with Gasteiger partial charge in [-0.3, -0.25) is 14.3 Å². The van der Waals surface area contributed by atoms with E-state index in [9.17, 15) is 9.90 Å². The van der Waals surface area contributed by atoms with Crippen molar-refractivity contribution in [3.05, 3.63) is 48.0 Å². The number of carbonyl (C=O) groups is 1. The van der Waals surface area contributed by atoms with Crippen LogP contribution in [0.3, 0.4) is 0 Å². The zero-order valence-electron chi connectivity index (χ0n) is 14.0. The molecule has 6 nitrogen and oxygen atoms in total. The van der Waals surface area contributed by atoms with Gasteiger partial charge in [0.25, 0.3) is 0 Å². The van der Waals surface area contributed by atoms with Crippen LogP contribution in [0.4, 0.5) is 0 Å². The molecule has 3 N–H and O–H groups in total. The first-order chi connectivity index (χ1) is 11.5. The summed E-state index contributed by atoms with van der Waals surface area (Å²) in [7, 11) is 0. The van der Waals surface area contributed by atoms with Crippen molar-refractivity contribution >= 4 is 5.91 Å². The maximum absolute atomic E-state index is 11.2. The minimum Gasteiger partial charge on any atom is -0.388 e. The van der Waals surface area contributed by atoms with Gasteiger partial charge in [0.2, 0.25) is 5.91 Å². The van der Waals surface area contributed by atoms with Gasteiger partial charge in [0.1, 0.15) is 5.82 Å². The lowest BCUT2D eigenvalue weighted by atomic mass is 9.89. The topological polar surface area (TPSA) is 84.4 Å². The number of β-amino-alcohol motifs (C(OH)–C–C–N with tert-alkyl or cyclic N) is 1. The standard InChI is InChI=1S/C18H24N4O2/c1-14-20-11-16(22(14)15-6-3-2-4-7-15)12-21-9-5-8-18(24,13-21)10-17(19)23/h2-4,6-7,11,24H,5,8-10,12-13H2,1H3,(H2,19,23). The van der Waals surface area contributed by atoms with E-state index in [2.05, 4.69) is 26.6 Å². The molecule has 1 atom stereocenters. The Bertz CT molecular complexity index is 713. The second-order valence-corrected chi connectivity index (χ2v) is 6.65. The molecule has 1 aliphatic heterocycles. The number of hydrogen-bond acceptors (Lipinski definition) is 4. The van der Waals surface area contributed by atoms with E-state index in [1.807, 2.05) is 31.3 Å². The zero-order valence-corrected chi connectivity index (χ0v) is 14.0. The Morgan fingerprint density at radius 3 is 2.83 bits per heavy atom. The van der Waals surface area contributed by atoms with Crippen molar-refractivity contribution in [1.82, 2.24) is 14.5 Å². The van der Waals surface area contributed by atoms with Crippen molar-refractivity contribution in [1.29, 1.82) is 0 Å². The minimum absolute atomic E-state index is 0.0144. The van der Waals surface area contributed by atoms with Crippen LogP contribution < -0.4 is 5.73 Å². The Morgan fingerprint density at radius 1 is 1.38 bits per heavy atom. The van der Waals surface area contributed by atoms with Gasteiger partial charge in [-0.1, -0.05) is 18.2 Å². The van der Waals surface area contributed by atoms with Crippen LogP contribution in [0, 0.1) is 6.92 Å². The number of aryl methyl sites for hydroxylation is 1. The molecule has 128 valence electrons. The first-order valence-corrected chi connectivity index (χ1v) is 8.28. The summed E-state index contributed by atoms with van der Waals surface area (Å²) in [5, 5.41) is 10.6. The van der Waals surface area contributed by atoms with Gasteiger partial charge in [0, 0.05) is 18.8 Å². The van der Waals surface area contributed by atoms with E-state index in [1.165, 1.54) is 0 Å². The number of para-hydroxylation sites is 1. The van der Waals surface area contributed by atoms with E-state index >= 15 is 0 Å². The number of amides is 1. The predicted molar refractivity (Wildman–Crippen MR) is 91.6 cm³/mol. The van der Waals surface area contributed by atoms with Crippen molar-refractivity contribution in [2.75, 3.05) is 13.1 Å². The van der Waals surface area contributed by atoms with E-state index in [-0.39, 0.29) is 6.42 Å². The predicted octanol–water partition coefficient (Wildman–Crippen LogP) is 1.38. The highest BCUT2D eigenvalue weighted by Gasteiger charge is 2.35. The molecule has 1 aliphatic rings. The van der Waals surface area contributed by atoms with Crippen LogP contribution in [0.1, 0.15) is 30.8 Å². The maximum Gasteiger partial charge on any atom is 0.220 e. The number of aromatic nitrogens is 2. The minimum atomic E-state index is -1.02. The first kappa shape index (κ1) is 16.7. The lowest BCUT2D eigenvalue weighted by Gasteiger charge is -2.38. The molecule has 0 radical (unpaired) electrons. The molecule has 0 spiro atoms. The molecule has 24 heavy (non-hydrogen) atoms. The zero-order chi connectivity index (χ0) is 17.2. The van der Waals surface area contributed by atoms with Crippen LogP contribution >= 0.6 is 0 Å². The largest absolute Gasteiger partial charge is 0.388 e. The summed E-state index contributed by atoms with van der Waals surface area (Å²) in [4.78, 5) is 17.8. The maximum atomic E-state index is 11.2. The van der Waals surface area contributed by atoms with Gasteiger partial charge in [-0.05, 0) is 38.4 Å². The van der Waals surface area contributed by atoms with Crippen LogP contribution in [-0.4, -0.2) is 44.2 Å². The summed E-state index contributed by atoms with van der Waals surface area (Å²) in [5.41, 5.74) is 6.41. The van der Waals surface area contributed by atoms with Gasteiger partial charge in [-0.25, -0.2) is 4.98 Å². The molecule has 0 aliphatic carbocycles. The van der Waals surface area contributed by atoms with Gasteiger partial charge in [-0.15, -0.1) is 0 Å². The van der Waals surface area contributed by atoms with E-state index in [4.69, 9.17) is 5.73 Å². The molecule has 1 unspecified atom stereocenters. The smallest absolute Gasteiger partial charge is 0.220 e. The summed E-state index contributed by atoms with van der Waals surface area (Å²) in [6, 6.07) is 10.1. The third-order valence-electron chi connectivity index (χ3n) is 4.55. The molecular formula is C18H24N4O2. The summed E-state index contributed by atoms with van der Waals surface area (Å²) >= 11 is 0. The summed E-state index contributed by atoms with van der Waals surface area (Å²) in [5.74, 6) is 0.477. The van der Waals surface area contributed by atoms with Gasteiger partial charge < -0.3 is 10.8 Å². The van der Waals surface area contributed by atoms with Gasteiger partial charge in [-0.2, -0.15) is 0 Å². The Labute approximate surface area is 141 Å². The number of nitrogens with two attached hydrogens (primary N) is 1. The molecule has 0 bridgehead atoms. The van der Waals surface area contributed by atoms with Gasteiger partial charge in [0.05, 0.1) is 23.9 Å². The summed E-state index contributed by atoms with van der Waals surface area (Å²) in [6.45, 7) is 4.00. The fourth-order valence-corrected chi connectivity index (χ4v) is 3.57. The number of primary amides is 1. The highest BCUT2D eigenvalue weighted by Crippen LogP contribution is 2.26. The number of likely N-dealkylation sites (tertiary alicyclic amines) is 1. The number of rotatable bonds is 5. The quantitative estimate of drug-likeness (QED) is 0.868. The monoisotopic (exact) mass is 328 g/mol. The molecular weight excluding hydrogens is 304 g/mol. The number of hydrogen-bond donors (Lipinski definition) is 2. The first-order valence-electron chi connectivity index (χ1n) is 8.28. The number of benzene rings is 1. The Morgan fingerprint density at radius 2 is 2.12 bits per heavy atom. The van der Waals surface area contributed by atoms with Crippen LogP contribution in [0.5, 0.6) is 0 Å². The fourth-order valence-electron chi connectivity index (χ4n) is 3.57. The van der Waals surface area contributed by atoms with Crippen molar-refractivity contribution in [3.63, 3.8) is 0 Å². The van der Waals surface area contributed by atoms with E-state index < -0.39 is 11.5 Å². The highest BCUT2D eigenvalue weighted by atomic mass is 16.3. The molecule has 1 fully saturated rings. The number of carbonyl (C=O) groups excluding carboxylic acids is 1. The molecule has 3 rings (SSSR count). The number of nitrogens with zero attached hydrogens (tertiary/aromatic N) is 3. The van der Waals surface area contributed by atoms with Crippen molar-refractivity contribution in [2.24, 2.45) is 5.73 Å². The summed E-state index contributed by atoms with van der Waals surface area (Å²) < 4.78 is 2.13. The van der Waals surface area contributed by atoms with Crippen LogP contribution in [0.25, 0.3) is 5.69 Å². The van der Waals surface area contributed by atoms with Gasteiger partial charge in [0.15, 0.2) is 0 Å². The average molecular weight is 328 g/mol. The van der Waals surface area contributed by atoms with Gasteiger partial charge >= 0.3 is 0 Å². The molecule has 1 saturated heterocycles. The van der Waals surface area contributed by atoms with E-state index in [0.717, 1.165) is 30.2 Å². The lowest BCUT2D eigenvalue weighted by Crippen LogP contribution is -2.49. The highest BCUT2D eigenvalue weighted by molar-refractivity contribution is 5.75. The average Bonchev–Trinajstić information content (AvgIpc) is 2.87. The second kappa shape index (κ2) is 6.75. The Hall–Kier alpha value is -2.18. The third kappa shape index (κ3) is 3.66. The molecule has 0 saturated carbocycles. The molecule has 1 amide bonds. The lowest BCUT2D eigenvalue weighted by molar-refractivity contribution is -0.125. The fraction of sp³-hybridized carbons (Fsp3) is 0.444. The van der Waals surface area contributed by atoms with E-state index in [0.29, 0.717) is 19.5 Å². The van der Waals surface area contributed by atoms with Crippen molar-refractivity contribution < 1.29 is 9.90 Å². The second-order valence-electron chi connectivity index (χ2n) is 6.65. The molecule has 1 aromatic heterocycles. The van der Waals surface area contributed by atoms with Crippen LogP contribution in [0.15, 0.2) is 36.5 Å². The van der Waals surface area contributed by atoms with Crippen LogP contribution in [-0.2, 0) is 11.3 Å². The van der Waals surface area contributed by atoms with E-state index in [1.54, 1.807) is 0 Å². The molecule has 1 aromatic carbocycles. The normalized spacial score (nSPS) is 21.8. The number of piperidine rings is 1. The number of imidazole rings is 1. The Kier molecular flexibility index (Phi) is 4.69. The Balaban J connectivity index is 1.78. The van der Waals surface area contributed by atoms with Crippen molar-refractivity contribution in [3.8, 4) is 5.69 Å². The molecule has 2 heterocycles. The van der Waals surface area contributed by atoms with Crippen molar-refractivity contribution in [2.45, 2.75) is 38.3 Å². The molecule has 6 heteroatoms. The SMILES string of the molecule is Cc1ncc(CN2CCCC(O)(CC(N)=O)C2)n1-c1ccccc1. The molecule has 2 aromatic rings. The van der Waals surface area contributed by atoms with Crippen LogP contribution in [0.2, 0.25) is 0 Å². The number of aliphatic hydroxyl groups is 1. The summed E-state index contributed by atoms with van der Waals surface area (Å²) in [6.07, 6.45) is 3.36.